The Morgan fingerprint density at radius 2 is 1.83 bits per heavy atom. The minimum atomic E-state index is 0.495. The van der Waals surface area contributed by atoms with Crippen LogP contribution < -0.4 is 5.73 Å². The van der Waals surface area contributed by atoms with Crippen LogP contribution in [0.15, 0.2) is 34.8 Å². The molecule has 4 heteroatoms. The van der Waals surface area contributed by atoms with Gasteiger partial charge in [-0.2, -0.15) is 5.10 Å². The smallest absolute Gasteiger partial charge is 0.122 e. The van der Waals surface area contributed by atoms with Crippen LogP contribution in [0.4, 0.5) is 5.82 Å². The molecule has 3 rings (SSSR count). The molecule has 1 heterocycles. The molecule has 0 radical (unpaired) electrons. The Hall–Kier alpha value is -1.29. The monoisotopic (exact) mass is 305 g/mol. The maximum absolute atomic E-state index is 6.08. The first-order chi connectivity index (χ1) is 8.74. The molecule has 0 unspecified atom stereocenters. The molecule has 2 N–H and O–H groups in total. The zero-order valence-corrected chi connectivity index (χ0v) is 11.7. The second kappa shape index (κ2) is 4.76. The zero-order chi connectivity index (χ0) is 12.5. The quantitative estimate of drug-likeness (QED) is 0.911. The Morgan fingerprint density at radius 3 is 2.50 bits per heavy atom. The number of benzene rings is 1. The van der Waals surface area contributed by atoms with Crippen molar-refractivity contribution in [3.05, 3.63) is 34.8 Å². The van der Waals surface area contributed by atoms with E-state index in [-0.39, 0.29) is 0 Å². The van der Waals surface area contributed by atoms with Crippen LogP contribution in [-0.2, 0) is 0 Å². The lowest BCUT2D eigenvalue weighted by molar-refractivity contribution is 0.475. The summed E-state index contributed by atoms with van der Waals surface area (Å²) >= 11 is 3.44. The van der Waals surface area contributed by atoms with Gasteiger partial charge >= 0.3 is 0 Å². The molecule has 0 spiro atoms. The Labute approximate surface area is 115 Å². The maximum atomic E-state index is 6.08. The molecule has 0 amide bonds. The summed E-state index contributed by atoms with van der Waals surface area (Å²) in [4.78, 5) is 0. The number of hydrogen-bond donors (Lipinski definition) is 1. The van der Waals surface area contributed by atoms with Crippen LogP contribution >= 0.6 is 15.9 Å². The first kappa shape index (κ1) is 11.8. The Morgan fingerprint density at radius 1 is 1.17 bits per heavy atom. The molecular weight excluding hydrogens is 290 g/mol. The molecule has 1 aliphatic carbocycles. The van der Waals surface area contributed by atoms with E-state index in [0.717, 1.165) is 21.5 Å². The molecule has 0 aliphatic heterocycles. The van der Waals surface area contributed by atoms with E-state index in [9.17, 15) is 0 Å². The van der Waals surface area contributed by atoms with Crippen molar-refractivity contribution in [3.63, 3.8) is 0 Å². The summed E-state index contributed by atoms with van der Waals surface area (Å²) in [6.07, 6.45) is 4.98. The van der Waals surface area contributed by atoms with Crippen LogP contribution in [-0.4, -0.2) is 9.78 Å². The largest absolute Gasteiger partial charge is 0.384 e. The number of anilines is 1. The molecule has 1 aromatic carbocycles. The van der Waals surface area contributed by atoms with Crippen molar-refractivity contribution in [1.82, 2.24) is 9.78 Å². The van der Waals surface area contributed by atoms with Gasteiger partial charge in [-0.3, -0.25) is 0 Å². The molecule has 1 saturated carbocycles. The molecule has 1 aliphatic rings. The average Bonchev–Trinajstić information content (AvgIpc) is 2.99. The molecule has 0 atom stereocenters. The van der Waals surface area contributed by atoms with Crippen molar-refractivity contribution in [1.29, 1.82) is 0 Å². The topological polar surface area (TPSA) is 43.8 Å². The summed E-state index contributed by atoms with van der Waals surface area (Å²) in [7, 11) is 0. The fourth-order valence-corrected chi connectivity index (χ4v) is 2.88. The highest BCUT2D eigenvalue weighted by atomic mass is 79.9. The minimum Gasteiger partial charge on any atom is -0.384 e. The van der Waals surface area contributed by atoms with Gasteiger partial charge in [0.05, 0.1) is 11.7 Å². The van der Waals surface area contributed by atoms with Crippen molar-refractivity contribution in [2.45, 2.75) is 31.7 Å². The van der Waals surface area contributed by atoms with Crippen LogP contribution in [0.3, 0.4) is 0 Å². The van der Waals surface area contributed by atoms with Gasteiger partial charge in [-0.25, -0.2) is 4.68 Å². The molecule has 94 valence electrons. The van der Waals surface area contributed by atoms with E-state index in [1.54, 1.807) is 0 Å². The van der Waals surface area contributed by atoms with Crippen molar-refractivity contribution in [2.75, 3.05) is 5.73 Å². The number of nitrogen functional groups attached to an aromatic ring is 1. The molecular formula is C14H16BrN3. The number of hydrogen-bond acceptors (Lipinski definition) is 2. The van der Waals surface area contributed by atoms with Gasteiger partial charge in [-0.05, 0) is 25.0 Å². The second-order valence-electron chi connectivity index (χ2n) is 4.84. The first-order valence-corrected chi connectivity index (χ1v) is 7.14. The van der Waals surface area contributed by atoms with Gasteiger partial charge in [0, 0.05) is 16.1 Å². The summed E-state index contributed by atoms with van der Waals surface area (Å²) < 4.78 is 3.08. The van der Waals surface area contributed by atoms with Gasteiger partial charge in [-0.1, -0.05) is 40.9 Å². The normalized spacial score (nSPS) is 16.3. The van der Waals surface area contributed by atoms with Gasteiger partial charge < -0.3 is 5.73 Å². The van der Waals surface area contributed by atoms with Crippen molar-refractivity contribution in [3.8, 4) is 11.3 Å². The number of rotatable bonds is 2. The van der Waals surface area contributed by atoms with Crippen molar-refractivity contribution < 1.29 is 0 Å². The number of nitrogens with two attached hydrogens (primary N) is 1. The Balaban J connectivity index is 1.94. The third-order valence-electron chi connectivity index (χ3n) is 3.58. The van der Waals surface area contributed by atoms with Gasteiger partial charge in [-0.15, -0.1) is 0 Å². The van der Waals surface area contributed by atoms with Gasteiger partial charge in [0.1, 0.15) is 5.82 Å². The molecule has 0 saturated heterocycles. The van der Waals surface area contributed by atoms with Crippen molar-refractivity contribution in [2.24, 2.45) is 0 Å². The van der Waals surface area contributed by atoms with Crippen LogP contribution in [0.1, 0.15) is 31.7 Å². The van der Waals surface area contributed by atoms with E-state index < -0.39 is 0 Å². The fourth-order valence-electron chi connectivity index (χ4n) is 2.61. The number of nitrogens with zero attached hydrogens (tertiary/aromatic N) is 2. The van der Waals surface area contributed by atoms with Gasteiger partial charge in [0.15, 0.2) is 0 Å². The van der Waals surface area contributed by atoms with Crippen LogP contribution in [0.2, 0.25) is 0 Å². The molecule has 0 bridgehead atoms. The Kier molecular flexibility index (Phi) is 3.12. The van der Waals surface area contributed by atoms with Crippen LogP contribution in [0.5, 0.6) is 0 Å². The predicted molar refractivity (Wildman–Crippen MR) is 77.3 cm³/mol. The summed E-state index contributed by atoms with van der Waals surface area (Å²) in [5.41, 5.74) is 8.16. The van der Waals surface area contributed by atoms with E-state index in [2.05, 4.69) is 33.2 Å². The predicted octanol–water partition coefficient (Wildman–Crippen LogP) is 4.01. The summed E-state index contributed by atoms with van der Waals surface area (Å²) in [6.45, 7) is 0. The minimum absolute atomic E-state index is 0.495. The SMILES string of the molecule is Nc1cc(-c2ccc(Br)cc2)nn1C1CCCC1. The van der Waals surface area contributed by atoms with E-state index in [1.807, 2.05) is 22.9 Å². The molecule has 3 nitrogen and oxygen atoms in total. The number of halogens is 1. The zero-order valence-electron chi connectivity index (χ0n) is 10.1. The third-order valence-corrected chi connectivity index (χ3v) is 4.10. The lowest BCUT2D eigenvalue weighted by Crippen LogP contribution is -2.09. The number of aromatic nitrogens is 2. The highest BCUT2D eigenvalue weighted by molar-refractivity contribution is 9.10. The Bertz CT molecular complexity index is 539. The lowest BCUT2D eigenvalue weighted by atomic mass is 10.2. The second-order valence-corrected chi connectivity index (χ2v) is 5.76. The average molecular weight is 306 g/mol. The third kappa shape index (κ3) is 2.17. The summed E-state index contributed by atoms with van der Waals surface area (Å²) in [6, 6.07) is 10.6. The van der Waals surface area contributed by atoms with E-state index in [1.165, 1.54) is 25.7 Å². The molecule has 2 aromatic rings. The first-order valence-electron chi connectivity index (χ1n) is 6.35. The summed E-state index contributed by atoms with van der Waals surface area (Å²) in [5, 5.41) is 4.67. The van der Waals surface area contributed by atoms with E-state index in [0.29, 0.717) is 6.04 Å². The standard InChI is InChI=1S/C14H16BrN3/c15-11-7-5-10(6-8-11)13-9-14(16)18(17-13)12-3-1-2-4-12/h5-9,12H,1-4,16H2. The lowest BCUT2D eigenvalue weighted by Gasteiger charge is -2.11. The van der Waals surface area contributed by atoms with Gasteiger partial charge in [0.25, 0.3) is 0 Å². The van der Waals surface area contributed by atoms with Crippen LogP contribution in [0.25, 0.3) is 11.3 Å². The van der Waals surface area contributed by atoms with Gasteiger partial charge in [0.2, 0.25) is 0 Å². The van der Waals surface area contributed by atoms with Crippen molar-refractivity contribution >= 4 is 21.7 Å². The summed E-state index contributed by atoms with van der Waals surface area (Å²) in [5.74, 6) is 0.778. The maximum Gasteiger partial charge on any atom is 0.122 e. The van der Waals surface area contributed by atoms with E-state index in [4.69, 9.17) is 5.73 Å². The molecule has 18 heavy (non-hydrogen) atoms. The van der Waals surface area contributed by atoms with E-state index >= 15 is 0 Å². The highest BCUT2D eigenvalue weighted by Crippen LogP contribution is 2.32. The van der Waals surface area contributed by atoms with Crippen LogP contribution in [0, 0.1) is 0 Å². The molecule has 1 aromatic heterocycles. The fraction of sp³-hybridized carbons (Fsp3) is 0.357. The molecule has 1 fully saturated rings. The highest BCUT2D eigenvalue weighted by Gasteiger charge is 2.20.